The van der Waals surface area contributed by atoms with Gasteiger partial charge >= 0.3 is 0 Å². The molecule has 0 saturated heterocycles. The van der Waals surface area contributed by atoms with Crippen LogP contribution >= 0.6 is 12.6 Å². The average molecular weight is 229 g/mol. The Labute approximate surface area is 94.3 Å². The molecule has 0 aliphatic rings. The molecule has 0 spiro atoms. The van der Waals surface area contributed by atoms with Crippen molar-refractivity contribution in [3.8, 4) is 5.88 Å². The van der Waals surface area contributed by atoms with Crippen LogP contribution in [0.5, 0.6) is 5.88 Å². The predicted molar refractivity (Wildman–Crippen MR) is 60.3 cm³/mol. The average Bonchev–Trinajstić information content (AvgIpc) is 2.26. The molecule has 0 saturated carbocycles. The summed E-state index contributed by atoms with van der Waals surface area (Å²) in [6, 6.07) is 1.71. The van der Waals surface area contributed by atoms with Crippen molar-refractivity contribution in [2.75, 3.05) is 12.9 Å². The lowest BCUT2D eigenvalue weighted by Crippen LogP contribution is -2.20. The first-order chi connectivity index (χ1) is 7.10. The maximum Gasteiger partial charge on any atom is 0.213 e. The van der Waals surface area contributed by atoms with E-state index < -0.39 is 12.2 Å². The predicted octanol–water partition coefficient (Wildman–Crippen LogP) is 0.723. The number of aryl methyl sites for hydroxylation is 1. The largest absolute Gasteiger partial charge is 0.481 e. The highest BCUT2D eigenvalue weighted by atomic mass is 32.1. The van der Waals surface area contributed by atoms with Crippen molar-refractivity contribution in [1.29, 1.82) is 0 Å². The maximum atomic E-state index is 9.75. The zero-order chi connectivity index (χ0) is 11.4. The van der Waals surface area contributed by atoms with Gasteiger partial charge < -0.3 is 14.9 Å². The second kappa shape index (κ2) is 5.34. The molecule has 1 rings (SSSR count). The van der Waals surface area contributed by atoms with Gasteiger partial charge in [0, 0.05) is 23.6 Å². The summed E-state index contributed by atoms with van der Waals surface area (Å²) in [6.07, 6.45) is -0.339. The molecule has 2 unspecified atom stereocenters. The minimum Gasteiger partial charge on any atom is -0.481 e. The van der Waals surface area contributed by atoms with Crippen LogP contribution in [0.15, 0.2) is 12.3 Å². The monoisotopic (exact) mass is 229 g/mol. The maximum absolute atomic E-state index is 9.75. The minimum absolute atomic E-state index is 0.201. The molecule has 0 amide bonds. The van der Waals surface area contributed by atoms with E-state index in [0.29, 0.717) is 11.4 Å². The number of hydrogen-bond donors (Lipinski definition) is 3. The molecule has 2 atom stereocenters. The second-order valence-electron chi connectivity index (χ2n) is 3.28. The molecular formula is C10H15NO3S. The lowest BCUT2D eigenvalue weighted by Gasteiger charge is -2.18. The summed E-state index contributed by atoms with van der Waals surface area (Å²) in [5, 5.41) is 19.2. The fourth-order valence-electron chi connectivity index (χ4n) is 1.27. The van der Waals surface area contributed by atoms with E-state index in [1.807, 2.05) is 6.92 Å². The third-order valence-corrected chi connectivity index (χ3v) is 2.58. The van der Waals surface area contributed by atoms with Crippen LogP contribution in [0.1, 0.15) is 17.2 Å². The lowest BCUT2D eigenvalue weighted by atomic mass is 10.0. The molecule has 2 N–H and O–H groups in total. The summed E-state index contributed by atoms with van der Waals surface area (Å²) in [4.78, 5) is 3.98. The molecule has 0 aromatic carbocycles. The zero-order valence-electron chi connectivity index (χ0n) is 8.71. The number of nitrogens with zero attached hydrogens (tertiary/aromatic N) is 1. The number of aliphatic hydroxyl groups excluding tert-OH is 2. The standard InChI is InChI=1S/C10H15NO3S/c1-6-3-9(14-2)11-4-7(6)10(13)8(12)5-15/h3-4,8,10,12-13,15H,5H2,1-2H3. The van der Waals surface area contributed by atoms with E-state index in [1.54, 1.807) is 6.07 Å². The van der Waals surface area contributed by atoms with E-state index in [1.165, 1.54) is 13.3 Å². The highest BCUT2D eigenvalue weighted by molar-refractivity contribution is 7.80. The number of ether oxygens (including phenoxy) is 1. The summed E-state index contributed by atoms with van der Waals surface area (Å²) in [7, 11) is 1.53. The SMILES string of the molecule is COc1cc(C)c(C(O)C(O)CS)cn1. The van der Waals surface area contributed by atoms with Crippen molar-refractivity contribution in [3.63, 3.8) is 0 Å². The first kappa shape index (κ1) is 12.3. The molecule has 4 nitrogen and oxygen atoms in total. The van der Waals surface area contributed by atoms with Gasteiger partial charge in [-0.15, -0.1) is 0 Å². The summed E-state index contributed by atoms with van der Waals surface area (Å²) in [5.74, 6) is 0.691. The van der Waals surface area contributed by atoms with E-state index in [-0.39, 0.29) is 5.75 Å². The van der Waals surface area contributed by atoms with Crippen LogP contribution in [0.25, 0.3) is 0 Å². The van der Waals surface area contributed by atoms with Crippen LogP contribution in [0, 0.1) is 6.92 Å². The van der Waals surface area contributed by atoms with Gasteiger partial charge in [0.05, 0.1) is 13.2 Å². The Morgan fingerprint density at radius 1 is 1.53 bits per heavy atom. The van der Waals surface area contributed by atoms with Crippen LogP contribution < -0.4 is 4.74 Å². The van der Waals surface area contributed by atoms with E-state index in [2.05, 4.69) is 17.6 Å². The third kappa shape index (κ3) is 2.84. The van der Waals surface area contributed by atoms with Crippen LogP contribution in [0.2, 0.25) is 0 Å². The van der Waals surface area contributed by atoms with Crippen molar-refractivity contribution >= 4 is 12.6 Å². The number of aliphatic hydroxyl groups is 2. The molecule has 15 heavy (non-hydrogen) atoms. The highest BCUT2D eigenvalue weighted by Crippen LogP contribution is 2.22. The van der Waals surface area contributed by atoms with Gasteiger partial charge in [-0.05, 0) is 12.5 Å². The van der Waals surface area contributed by atoms with Gasteiger partial charge in [-0.25, -0.2) is 4.98 Å². The molecule has 0 aliphatic heterocycles. The first-order valence-corrected chi connectivity index (χ1v) is 5.21. The third-order valence-electron chi connectivity index (χ3n) is 2.21. The molecule has 0 aliphatic carbocycles. The summed E-state index contributed by atoms with van der Waals surface area (Å²) in [6.45, 7) is 1.83. The van der Waals surface area contributed by atoms with E-state index >= 15 is 0 Å². The van der Waals surface area contributed by atoms with Gasteiger partial charge in [0.15, 0.2) is 0 Å². The number of hydrogen-bond acceptors (Lipinski definition) is 5. The molecule has 1 aromatic heterocycles. The Bertz CT molecular complexity index is 332. The summed E-state index contributed by atoms with van der Waals surface area (Å²) >= 11 is 3.92. The van der Waals surface area contributed by atoms with E-state index in [4.69, 9.17) is 4.74 Å². The molecule has 1 aromatic rings. The summed E-state index contributed by atoms with van der Waals surface area (Å²) in [5.41, 5.74) is 1.42. The topological polar surface area (TPSA) is 62.6 Å². The van der Waals surface area contributed by atoms with Gasteiger partial charge in [0.2, 0.25) is 5.88 Å². The van der Waals surface area contributed by atoms with Gasteiger partial charge in [-0.3, -0.25) is 0 Å². The van der Waals surface area contributed by atoms with Gasteiger partial charge in [0.1, 0.15) is 6.10 Å². The molecule has 1 heterocycles. The van der Waals surface area contributed by atoms with E-state index in [9.17, 15) is 10.2 Å². The highest BCUT2D eigenvalue weighted by Gasteiger charge is 2.19. The Hall–Kier alpha value is -0.780. The van der Waals surface area contributed by atoms with Crippen molar-refractivity contribution in [1.82, 2.24) is 4.98 Å². The molecule has 0 bridgehead atoms. The van der Waals surface area contributed by atoms with Crippen molar-refractivity contribution in [2.45, 2.75) is 19.1 Å². The fraction of sp³-hybridized carbons (Fsp3) is 0.500. The van der Waals surface area contributed by atoms with Gasteiger partial charge in [0.25, 0.3) is 0 Å². The Morgan fingerprint density at radius 2 is 2.20 bits per heavy atom. The van der Waals surface area contributed by atoms with Crippen molar-refractivity contribution in [3.05, 3.63) is 23.4 Å². The lowest BCUT2D eigenvalue weighted by molar-refractivity contribution is 0.0331. The van der Waals surface area contributed by atoms with Crippen LogP contribution in [0.4, 0.5) is 0 Å². The number of methoxy groups -OCH3 is 1. The Kier molecular flexibility index (Phi) is 4.38. The number of rotatable bonds is 4. The Morgan fingerprint density at radius 3 is 2.67 bits per heavy atom. The normalized spacial score (nSPS) is 14.7. The van der Waals surface area contributed by atoms with Gasteiger partial charge in [-0.2, -0.15) is 12.6 Å². The number of pyridine rings is 1. The van der Waals surface area contributed by atoms with Gasteiger partial charge in [-0.1, -0.05) is 0 Å². The van der Waals surface area contributed by atoms with Crippen molar-refractivity contribution < 1.29 is 14.9 Å². The quantitative estimate of drug-likeness (QED) is 0.666. The first-order valence-electron chi connectivity index (χ1n) is 4.57. The molecular weight excluding hydrogens is 214 g/mol. The fourth-order valence-corrected chi connectivity index (χ4v) is 1.47. The zero-order valence-corrected chi connectivity index (χ0v) is 9.61. The summed E-state index contributed by atoms with van der Waals surface area (Å²) < 4.78 is 4.95. The molecule has 84 valence electrons. The number of thiol groups is 1. The van der Waals surface area contributed by atoms with Crippen LogP contribution in [-0.4, -0.2) is 34.2 Å². The van der Waals surface area contributed by atoms with E-state index in [0.717, 1.165) is 5.56 Å². The van der Waals surface area contributed by atoms with Crippen LogP contribution in [0.3, 0.4) is 0 Å². The molecule has 0 fully saturated rings. The number of aromatic nitrogens is 1. The molecule has 0 radical (unpaired) electrons. The minimum atomic E-state index is -0.957. The second-order valence-corrected chi connectivity index (χ2v) is 3.64. The molecule has 5 heteroatoms. The smallest absolute Gasteiger partial charge is 0.213 e. The Balaban J connectivity index is 2.95. The van der Waals surface area contributed by atoms with Crippen LogP contribution in [-0.2, 0) is 0 Å². The van der Waals surface area contributed by atoms with Crippen molar-refractivity contribution in [2.24, 2.45) is 0 Å².